The third kappa shape index (κ3) is 6.90. The summed E-state index contributed by atoms with van der Waals surface area (Å²) < 4.78 is 19.1. The zero-order valence-electron chi connectivity index (χ0n) is 32.9. The highest BCUT2D eigenvalue weighted by Crippen LogP contribution is 2.56. The maximum Gasteiger partial charge on any atom is 0.250 e. The van der Waals surface area contributed by atoms with Gasteiger partial charge in [-0.2, -0.15) is 0 Å². The number of pyridine rings is 1. The van der Waals surface area contributed by atoms with E-state index in [-0.39, 0.29) is 75.5 Å². The lowest BCUT2D eigenvalue weighted by atomic mass is 9.69. The largest absolute Gasteiger partial charge is 0.507 e. The van der Waals surface area contributed by atoms with Gasteiger partial charge in [0.25, 0.3) is 5.56 Å². The Morgan fingerprint density at radius 3 is 2.46 bits per heavy atom. The van der Waals surface area contributed by atoms with E-state index in [4.69, 9.17) is 25.8 Å². The van der Waals surface area contributed by atoms with E-state index in [1.165, 1.54) is 32.0 Å². The molecular weight excluding hydrogens is 770 g/mol. The van der Waals surface area contributed by atoms with Gasteiger partial charge in [-0.1, -0.05) is 57.0 Å². The van der Waals surface area contributed by atoms with Crippen molar-refractivity contribution in [2.75, 3.05) is 33.6 Å². The number of allylic oxidation sites excluding steroid dienone is 1. The van der Waals surface area contributed by atoms with E-state index in [0.29, 0.717) is 31.6 Å². The molecule has 302 valence electrons. The first-order valence-corrected chi connectivity index (χ1v) is 20.9. The minimum Gasteiger partial charge on any atom is -0.507 e. The molecule has 4 heterocycles. The van der Waals surface area contributed by atoms with Crippen molar-refractivity contribution in [3.8, 4) is 17.2 Å². The molecule has 7 atom stereocenters. The highest BCUT2D eigenvalue weighted by Gasteiger charge is 2.61. The van der Waals surface area contributed by atoms with Crippen molar-refractivity contribution < 1.29 is 38.5 Å². The van der Waals surface area contributed by atoms with E-state index in [1.54, 1.807) is 31.2 Å². The number of fused-ring (bicyclic) bond motifs is 5. The molecule has 2 bridgehead atoms. The van der Waals surface area contributed by atoms with E-state index >= 15 is 0 Å². The first kappa shape index (κ1) is 40.4. The number of halogens is 1. The van der Waals surface area contributed by atoms with Crippen LogP contribution in [0.5, 0.6) is 17.2 Å². The van der Waals surface area contributed by atoms with Crippen LogP contribution in [0, 0.1) is 17.8 Å². The molecule has 3 aliphatic heterocycles. The Bertz CT molecular complexity index is 2220. The highest BCUT2D eigenvalue weighted by molar-refractivity contribution is 7.98. The van der Waals surface area contributed by atoms with E-state index in [1.807, 2.05) is 47.8 Å². The van der Waals surface area contributed by atoms with Crippen LogP contribution in [0.15, 0.2) is 69.6 Å². The predicted molar refractivity (Wildman–Crippen MR) is 216 cm³/mol. The van der Waals surface area contributed by atoms with Gasteiger partial charge in [-0.25, -0.2) is 0 Å². The molecule has 0 saturated carbocycles. The minimum absolute atomic E-state index is 0.00167. The average molecular weight is 818 g/mol. The molecule has 2 aromatic carbocycles. The van der Waals surface area contributed by atoms with Gasteiger partial charge in [0, 0.05) is 78.5 Å². The summed E-state index contributed by atoms with van der Waals surface area (Å²) in [5.41, 5.74) is -0.699. The molecule has 12 nitrogen and oxygen atoms in total. The molecular formula is C43H48ClN3O9S. The molecule has 0 radical (unpaired) electrons. The number of carbonyl (C=O) groups is 4. The highest BCUT2D eigenvalue weighted by atomic mass is 35.5. The van der Waals surface area contributed by atoms with Crippen LogP contribution < -0.4 is 25.1 Å². The standard InChI is InChI=1S/C43H48ClN3O9S/c1-7-22(2)38(42(53)46-19-24-16-26(21-46)29-9-8-10-34(50)47(29)20-24)45-33(49)17-28(25-11-13-27(57-6)14-12-25)35-30(48)15-23(3)43(40(35)51)41(52)36-31(54-4)18-32(55-5)37(44)39(36)56-43/h8-14,18,22-24,26,28,38,51H,7,15-17,19-21H2,1-6H3,(H,45,49)/t22?,23?,24-,26+,28?,38?,43?/m1/s1. The fourth-order valence-corrected chi connectivity index (χ4v) is 9.81. The van der Waals surface area contributed by atoms with E-state index in [9.17, 15) is 29.1 Å². The van der Waals surface area contributed by atoms with Crippen LogP contribution in [-0.2, 0) is 20.9 Å². The molecule has 1 aliphatic carbocycles. The van der Waals surface area contributed by atoms with Crippen LogP contribution >= 0.6 is 23.4 Å². The smallest absolute Gasteiger partial charge is 0.250 e. The van der Waals surface area contributed by atoms with Crippen LogP contribution in [0.25, 0.3) is 0 Å². The number of benzene rings is 2. The number of amides is 2. The second-order valence-electron chi connectivity index (χ2n) is 15.7. The second kappa shape index (κ2) is 15.9. The third-order valence-electron chi connectivity index (χ3n) is 12.4. The molecule has 1 aromatic heterocycles. The maximum atomic E-state index is 14.5. The minimum atomic E-state index is -2.03. The quantitative estimate of drug-likeness (QED) is 0.210. The first-order valence-electron chi connectivity index (χ1n) is 19.3. The van der Waals surface area contributed by atoms with E-state index in [2.05, 4.69) is 5.32 Å². The Morgan fingerprint density at radius 1 is 1.07 bits per heavy atom. The first-order chi connectivity index (χ1) is 27.3. The summed E-state index contributed by atoms with van der Waals surface area (Å²) in [5, 5.41) is 15.4. The summed E-state index contributed by atoms with van der Waals surface area (Å²) in [6.07, 6.45) is 2.93. The molecule has 57 heavy (non-hydrogen) atoms. The molecule has 1 spiro atoms. The number of likely N-dealkylation sites (tertiary alicyclic amines) is 1. The lowest BCUT2D eigenvalue weighted by molar-refractivity contribution is -0.140. The Hall–Kier alpha value is -4.75. The number of hydrogen-bond acceptors (Lipinski definition) is 10. The monoisotopic (exact) mass is 817 g/mol. The molecule has 2 amide bonds. The summed E-state index contributed by atoms with van der Waals surface area (Å²) in [6, 6.07) is 13.2. The molecule has 14 heteroatoms. The number of rotatable bonds is 11. The normalized spacial score (nSPS) is 24.0. The third-order valence-corrected chi connectivity index (χ3v) is 13.5. The van der Waals surface area contributed by atoms with Crippen LogP contribution in [0.1, 0.15) is 79.9 Å². The SMILES string of the molecule is CCC(C)C(NC(=O)CC(C1=C(O)C2(Oc3c(Cl)c(OC)cc(OC)c3C2=O)C(C)CC1=O)c1ccc(SC)cc1)C(=O)N1C[C@H]2C[C@@H](C1)c1cccc(=O)n1C2. The van der Waals surface area contributed by atoms with Crippen molar-refractivity contribution in [3.63, 3.8) is 0 Å². The van der Waals surface area contributed by atoms with Gasteiger partial charge in [0.2, 0.25) is 23.2 Å². The zero-order chi connectivity index (χ0) is 40.9. The second-order valence-corrected chi connectivity index (χ2v) is 16.9. The van der Waals surface area contributed by atoms with Crippen molar-refractivity contribution in [1.29, 1.82) is 0 Å². The van der Waals surface area contributed by atoms with Crippen molar-refractivity contribution in [2.24, 2.45) is 17.8 Å². The number of nitrogens with zero attached hydrogens (tertiary/aromatic N) is 2. The van der Waals surface area contributed by atoms with E-state index < -0.39 is 46.7 Å². The van der Waals surface area contributed by atoms with Gasteiger partial charge >= 0.3 is 0 Å². The number of ether oxygens (including phenoxy) is 3. The number of nitrogens with one attached hydrogen (secondary N) is 1. The molecule has 2 N–H and O–H groups in total. The molecule has 5 unspecified atom stereocenters. The Balaban J connectivity index is 1.23. The average Bonchev–Trinajstić information content (AvgIpc) is 3.53. The van der Waals surface area contributed by atoms with Gasteiger partial charge in [-0.05, 0) is 48.3 Å². The van der Waals surface area contributed by atoms with Crippen molar-refractivity contribution in [1.82, 2.24) is 14.8 Å². The fourth-order valence-electron chi connectivity index (χ4n) is 9.14. The molecule has 1 fully saturated rings. The van der Waals surface area contributed by atoms with Crippen LogP contribution in [-0.4, -0.2) is 83.2 Å². The fraction of sp³-hybridized carbons (Fsp3) is 0.465. The number of aliphatic hydroxyl groups is 1. The summed E-state index contributed by atoms with van der Waals surface area (Å²) in [6.45, 7) is 6.95. The van der Waals surface area contributed by atoms with Crippen molar-refractivity contribution in [2.45, 2.75) is 81.4 Å². The molecule has 3 aromatic rings. The number of aromatic nitrogens is 1. The van der Waals surface area contributed by atoms with Crippen LogP contribution in [0.3, 0.4) is 0 Å². The number of aliphatic hydroxyl groups excluding tert-OH is 1. The number of carbonyl (C=O) groups excluding carboxylic acids is 4. The van der Waals surface area contributed by atoms with Crippen molar-refractivity contribution >= 4 is 46.7 Å². The maximum absolute atomic E-state index is 14.5. The lowest BCUT2D eigenvalue weighted by Gasteiger charge is -2.44. The number of thioether (sulfide) groups is 1. The predicted octanol–water partition coefficient (Wildman–Crippen LogP) is 6.33. The summed E-state index contributed by atoms with van der Waals surface area (Å²) in [4.78, 5) is 72.8. The topological polar surface area (TPSA) is 153 Å². The van der Waals surface area contributed by atoms with Gasteiger partial charge in [0.05, 0.1) is 14.2 Å². The number of methoxy groups -OCH3 is 2. The van der Waals surface area contributed by atoms with Crippen LogP contribution in [0.4, 0.5) is 0 Å². The molecule has 4 aliphatic rings. The Labute approximate surface area is 340 Å². The van der Waals surface area contributed by atoms with Gasteiger partial charge in [0.15, 0.2) is 17.3 Å². The van der Waals surface area contributed by atoms with E-state index in [0.717, 1.165) is 17.0 Å². The lowest BCUT2D eigenvalue weighted by Crippen LogP contribution is -2.56. The number of hydrogen-bond donors (Lipinski definition) is 2. The van der Waals surface area contributed by atoms with Gasteiger partial charge in [-0.15, -0.1) is 11.8 Å². The van der Waals surface area contributed by atoms with Crippen molar-refractivity contribution in [3.05, 3.63) is 92.1 Å². The zero-order valence-corrected chi connectivity index (χ0v) is 34.5. The summed E-state index contributed by atoms with van der Waals surface area (Å²) in [7, 11) is 2.80. The Kier molecular flexibility index (Phi) is 11.3. The van der Waals surface area contributed by atoms with Gasteiger partial charge < -0.3 is 34.1 Å². The molecule has 1 saturated heterocycles. The Morgan fingerprint density at radius 2 is 1.79 bits per heavy atom. The summed E-state index contributed by atoms with van der Waals surface area (Å²) >= 11 is 8.19. The van der Waals surface area contributed by atoms with Gasteiger partial charge in [-0.3, -0.25) is 24.0 Å². The number of ketones is 2. The number of piperidine rings is 1. The van der Waals surface area contributed by atoms with Gasteiger partial charge in [0.1, 0.15) is 28.1 Å². The summed E-state index contributed by atoms with van der Waals surface area (Å²) in [5.74, 6) is -4.03. The number of Topliss-reactive ketones (excluding diaryl/α,β-unsaturated/α-hetero) is 2. The van der Waals surface area contributed by atoms with Crippen LogP contribution in [0.2, 0.25) is 5.02 Å². The molecule has 7 rings (SSSR count).